The van der Waals surface area contributed by atoms with Crippen molar-refractivity contribution in [3.63, 3.8) is 0 Å². The number of carbonyl (C=O) groups excluding carboxylic acids is 1. The van der Waals surface area contributed by atoms with Gasteiger partial charge in [-0.3, -0.25) is 9.69 Å². The number of rotatable bonds is 6. The molecule has 2 N–H and O–H groups in total. The third-order valence-electron chi connectivity index (χ3n) is 4.17. The van der Waals surface area contributed by atoms with Crippen LogP contribution in [0.5, 0.6) is 5.75 Å². The topological polar surface area (TPSA) is 55.6 Å². The molecule has 2 fully saturated rings. The van der Waals surface area contributed by atoms with Gasteiger partial charge >= 0.3 is 0 Å². The van der Waals surface area contributed by atoms with Crippen molar-refractivity contribution in [2.75, 3.05) is 13.2 Å². The highest BCUT2D eigenvalue weighted by Crippen LogP contribution is 2.29. The van der Waals surface area contributed by atoms with E-state index in [0.717, 1.165) is 23.8 Å². The first-order valence-corrected chi connectivity index (χ1v) is 7.51. The van der Waals surface area contributed by atoms with E-state index in [1.165, 1.54) is 12.8 Å². The molecule has 0 bridgehead atoms. The number of likely N-dealkylation sites (tertiary alicyclic amines) is 1. The molecule has 1 heterocycles. The maximum Gasteiger partial charge on any atom is 0.234 e. The fraction of sp³-hybridized carbons (Fsp3) is 0.562. The Kier molecular flexibility index (Phi) is 4.10. The zero-order valence-corrected chi connectivity index (χ0v) is 12.0. The molecule has 1 saturated carbocycles. The van der Waals surface area contributed by atoms with Crippen molar-refractivity contribution in [2.45, 2.75) is 38.0 Å². The molecule has 21 heavy (non-hydrogen) atoms. The number of carbonyl (C=O) groups is 1. The van der Waals surface area contributed by atoms with Gasteiger partial charge in [0.2, 0.25) is 5.91 Å². The highest BCUT2D eigenvalue weighted by atomic mass is 19.1. The minimum Gasteiger partial charge on any atom is -0.493 e. The van der Waals surface area contributed by atoms with Crippen LogP contribution in [0.1, 0.15) is 24.8 Å². The number of hydrogen-bond donors (Lipinski definition) is 1. The largest absolute Gasteiger partial charge is 0.493 e. The lowest BCUT2D eigenvalue weighted by Crippen LogP contribution is -2.39. The van der Waals surface area contributed by atoms with E-state index in [4.69, 9.17) is 10.5 Å². The molecule has 0 spiro atoms. The number of nitrogens with zero attached hydrogens (tertiary/aromatic N) is 1. The molecule has 1 aliphatic heterocycles. The van der Waals surface area contributed by atoms with Gasteiger partial charge in [0.05, 0.1) is 12.6 Å². The van der Waals surface area contributed by atoms with Crippen LogP contribution in [-0.2, 0) is 11.3 Å². The van der Waals surface area contributed by atoms with Crippen LogP contribution in [-0.4, -0.2) is 36.2 Å². The maximum atomic E-state index is 13.5. The van der Waals surface area contributed by atoms with Crippen LogP contribution >= 0.6 is 0 Å². The normalized spacial score (nSPS) is 26.0. The number of benzene rings is 1. The molecule has 1 aromatic carbocycles. The van der Waals surface area contributed by atoms with Crippen LogP contribution in [0.2, 0.25) is 0 Å². The second-order valence-electron chi connectivity index (χ2n) is 6.08. The molecular weight excluding hydrogens is 271 g/mol. The lowest BCUT2D eigenvalue weighted by atomic mass is 10.1. The molecule has 2 atom stereocenters. The van der Waals surface area contributed by atoms with Crippen LogP contribution in [0.4, 0.5) is 4.39 Å². The molecule has 1 aromatic rings. The number of alkyl halides is 1. The minimum atomic E-state index is -0.969. The first-order valence-electron chi connectivity index (χ1n) is 7.51. The summed E-state index contributed by atoms with van der Waals surface area (Å²) in [7, 11) is 0. The zero-order valence-electron chi connectivity index (χ0n) is 12.0. The molecule has 4 nitrogen and oxygen atoms in total. The van der Waals surface area contributed by atoms with Gasteiger partial charge in [0.15, 0.2) is 0 Å². The van der Waals surface area contributed by atoms with E-state index >= 15 is 0 Å². The second-order valence-corrected chi connectivity index (χ2v) is 6.08. The number of halogens is 1. The lowest BCUT2D eigenvalue weighted by molar-refractivity contribution is -0.122. The van der Waals surface area contributed by atoms with Crippen LogP contribution < -0.4 is 10.5 Å². The number of hydrogen-bond acceptors (Lipinski definition) is 3. The highest BCUT2D eigenvalue weighted by molar-refractivity contribution is 5.80. The summed E-state index contributed by atoms with van der Waals surface area (Å²) in [4.78, 5) is 13.2. The van der Waals surface area contributed by atoms with Gasteiger partial charge in [0, 0.05) is 19.5 Å². The van der Waals surface area contributed by atoms with E-state index in [1.807, 2.05) is 29.2 Å². The summed E-state index contributed by atoms with van der Waals surface area (Å²) in [6.07, 6.45) is 1.78. The fourth-order valence-corrected chi connectivity index (χ4v) is 2.74. The predicted octanol–water partition coefficient (Wildman–Crippen LogP) is 1.87. The molecule has 0 unspecified atom stereocenters. The van der Waals surface area contributed by atoms with Gasteiger partial charge in [-0.15, -0.1) is 0 Å². The Balaban J connectivity index is 1.57. The zero-order chi connectivity index (χ0) is 14.8. The summed E-state index contributed by atoms with van der Waals surface area (Å²) < 4.78 is 19.1. The van der Waals surface area contributed by atoms with Crippen molar-refractivity contribution in [1.29, 1.82) is 0 Å². The Labute approximate surface area is 124 Å². The fourth-order valence-electron chi connectivity index (χ4n) is 2.74. The number of amides is 1. The Morgan fingerprint density at radius 3 is 2.67 bits per heavy atom. The summed E-state index contributed by atoms with van der Waals surface area (Å²) in [6.45, 7) is 1.60. The quantitative estimate of drug-likeness (QED) is 0.871. The number of ether oxygens (including phenoxy) is 1. The second kappa shape index (κ2) is 6.02. The first-order chi connectivity index (χ1) is 10.1. The Bertz CT molecular complexity index is 502. The molecule has 1 amide bonds. The Morgan fingerprint density at radius 1 is 1.33 bits per heavy atom. The molecule has 1 aliphatic carbocycles. The Hall–Kier alpha value is -1.62. The van der Waals surface area contributed by atoms with E-state index in [0.29, 0.717) is 6.54 Å². The maximum absolute atomic E-state index is 13.5. The van der Waals surface area contributed by atoms with E-state index in [1.54, 1.807) is 0 Å². The molecule has 2 aliphatic rings. The van der Waals surface area contributed by atoms with Gasteiger partial charge in [0.25, 0.3) is 0 Å². The van der Waals surface area contributed by atoms with Crippen molar-refractivity contribution in [1.82, 2.24) is 4.90 Å². The highest BCUT2D eigenvalue weighted by Gasteiger charge is 2.35. The third kappa shape index (κ3) is 3.73. The Morgan fingerprint density at radius 2 is 2.05 bits per heavy atom. The van der Waals surface area contributed by atoms with Crippen molar-refractivity contribution in [3.05, 3.63) is 29.8 Å². The molecule has 1 saturated heterocycles. The lowest BCUT2D eigenvalue weighted by Gasteiger charge is -2.21. The summed E-state index contributed by atoms with van der Waals surface area (Å²) in [6, 6.07) is 7.29. The summed E-state index contributed by atoms with van der Waals surface area (Å²) >= 11 is 0. The summed E-state index contributed by atoms with van der Waals surface area (Å²) in [5.41, 5.74) is 6.37. The van der Waals surface area contributed by atoms with Crippen molar-refractivity contribution in [3.8, 4) is 5.75 Å². The third-order valence-corrected chi connectivity index (χ3v) is 4.17. The molecule has 3 rings (SSSR count). The van der Waals surface area contributed by atoms with E-state index in [2.05, 4.69) is 0 Å². The molecule has 0 aromatic heterocycles. The number of primary amides is 1. The van der Waals surface area contributed by atoms with E-state index < -0.39 is 18.1 Å². The predicted molar refractivity (Wildman–Crippen MR) is 77.6 cm³/mol. The van der Waals surface area contributed by atoms with Crippen LogP contribution in [0.3, 0.4) is 0 Å². The van der Waals surface area contributed by atoms with Crippen molar-refractivity contribution in [2.24, 2.45) is 11.7 Å². The van der Waals surface area contributed by atoms with Crippen molar-refractivity contribution >= 4 is 5.91 Å². The van der Waals surface area contributed by atoms with Gasteiger partial charge < -0.3 is 10.5 Å². The monoisotopic (exact) mass is 292 g/mol. The van der Waals surface area contributed by atoms with Gasteiger partial charge in [-0.1, -0.05) is 12.1 Å². The van der Waals surface area contributed by atoms with Gasteiger partial charge in [-0.25, -0.2) is 4.39 Å². The molecule has 0 radical (unpaired) electrons. The van der Waals surface area contributed by atoms with Crippen LogP contribution in [0, 0.1) is 5.92 Å². The molecular formula is C16H21FN2O2. The van der Waals surface area contributed by atoms with E-state index in [9.17, 15) is 9.18 Å². The summed E-state index contributed by atoms with van der Waals surface area (Å²) in [5.74, 6) is 1.15. The SMILES string of the molecule is NC(=O)[C@@H]1C[C@@H](F)CN1Cc1ccc(OCC2CC2)cc1. The van der Waals surface area contributed by atoms with Crippen LogP contribution in [0.25, 0.3) is 0 Å². The average Bonchev–Trinajstić information content (AvgIpc) is 3.21. The number of nitrogens with two attached hydrogens (primary N) is 1. The van der Waals surface area contributed by atoms with E-state index in [-0.39, 0.29) is 13.0 Å². The van der Waals surface area contributed by atoms with Crippen LogP contribution in [0.15, 0.2) is 24.3 Å². The molecule has 5 heteroatoms. The first kappa shape index (κ1) is 14.3. The minimum absolute atomic E-state index is 0.206. The van der Waals surface area contributed by atoms with Gasteiger partial charge in [0.1, 0.15) is 11.9 Å². The average molecular weight is 292 g/mol. The molecule has 114 valence electrons. The smallest absolute Gasteiger partial charge is 0.234 e. The summed E-state index contributed by atoms with van der Waals surface area (Å²) in [5, 5.41) is 0. The van der Waals surface area contributed by atoms with Gasteiger partial charge in [-0.2, -0.15) is 0 Å². The van der Waals surface area contributed by atoms with Crippen molar-refractivity contribution < 1.29 is 13.9 Å². The van der Waals surface area contributed by atoms with Gasteiger partial charge in [-0.05, 0) is 36.5 Å². The standard InChI is InChI=1S/C16H21FN2O2/c17-13-7-15(16(18)20)19(9-13)8-11-3-5-14(6-4-11)21-10-12-1-2-12/h3-6,12-13,15H,1-2,7-10H2,(H2,18,20)/t13-,15+/m1/s1.